The minimum atomic E-state index is -0.483. The summed E-state index contributed by atoms with van der Waals surface area (Å²) in [5.74, 6) is 0.0467. The van der Waals surface area contributed by atoms with Crippen LogP contribution in [0.5, 0.6) is 5.75 Å². The molecule has 1 fully saturated rings. The van der Waals surface area contributed by atoms with Crippen LogP contribution in [-0.4, -0.2) is 29.9 Å². The minimum Gasteiger partial charge on any atom is -0.488 e. The molecule has 0 unspecified atom stereocenters. The lowest BCUT2D eigenvalue weighted by Gasteiger charge is -2.32. The molecule has 0 bridgehead atoms. The molecule has 5 nitrogen and oxygen atoms in total. The van der Waals surface area contributed by atoms with Gasteiger partial charge in [-0.2, -0.15) is 0 Å². The third-order valence-corrected chi connectivity index (χ3v) is 6.23. The summed E-state index contributed by atoms with van der Waals surface area (Å²) in [6.07, 6.45) is 7.08. The fourth-order valence-corrected chi connectivity index (χ4v) is 4.60. The van der Waals surface area contributed by atoms with Gasteiger partial charge in [0, 0.05) is 17.3 Å². The van der Waals surface area contributed by atoms with Gasteiger partial charge in [-0.25, -0.2) is 4.79 Å². The van der Waals surface area contributed by atoms with E-state index in [2.05, 4.69) is 0 Å². The van der Waals surface area contributed by atoms with Gasteiger partial charge in [0.05, 0.1) is 18.3 Å². The van der Waals surface area contributed by atoms with E-state index in [0.29, 0.717) is 29.2 Å². The first kappa shape index (κ1) is 21.9. The lowest BCUT2D eigenvalue weighted by molar-refractivity contribution is -0.136. The van der Waals surface area contributed by atoms with E-state index in [4.69, 9.17) is 9.47 Å². The van der Waals surface area contributed by atoms with Crippen LogP contribution in [0.1, 0.15) is 50.2 Å². The lowest BCUT2D eigenvalue weighted by Crippen LogP contribution is -2.37. The highest BCUT2D eigenvalue weighted by Gasteiger charge is 2.40. The maximum Gasteiger partial charge on any atom is 0.340 e. The predicted octanol–water partition coefficient (Wildman–Crippen LogP) is 5.27. The Bertz CT molecular complexity index is 1050. The first-order chi connectivity index (χ1) is 15.6. The fraction of sp³-hybridized carbons (Fsp3) is 0.333. The quantitative estimate of drug-likeness (QED) is 0.462. The normalized spacial score (nSPS) is 18.4. The van der Waals surface area contributed by atoms with E-state index in [9.17, 15) is 9.59 Å². The van der Waals surface area contributed by atoms with Gasteiger partial charge in [-0.15, -0.1) is 0 Å². The highest BCUT2D eigenvalue weighted by molar-refractivity contribution is 6.16. The van der Waals surface area contributed by atoms with Crippen molar-refractivity contribution < 1.29 is 19.1 Å². The molecule has 0 radical (unpaired) electrons. The summed E-state index contributed by atoms with van der Waals surface area (Å²) in [4.78, 5) is 28.0. The van der Waals surface area contributed by atoms with Crippen LogP contribution < -0.4 is 4.74 Å². The van der Waals surface area contributed by atoms with Gasteiger partial charge in [-0.3, -0.25) is 4.79 Å². The Kier molecular flexibility index (Phi) is 6.74. The van der Waals surface area contributed by atoms with Crippen LogP contribution in [-0.2, 0) is 20.9 Å². The van der Waals surface area contributed by atoms with E-state index < -0.39 is 5.97 Å². The molecule has 2 aromatic rings. The van der Waals surface area contributed by atoms with Gasteiger partial charge in [0.15, 0.2) is 0 Å². The molecule has 0 spiro atoms. The summed E-state index contributed by atoms with van der Waals surface area (Å²) < 4.78 is 11.1. The number of benzene rings is 2. The van der Waals surface area contributed by atoms with Crippen molar-refractivity contribution in [1.82, 2.24) is 4.90 Å². The molecule has 0 aromatic heterocycles. The Morgan fingerprint density at radius 1 is 1.03 bits per heavy atom. The van der Waals surface area contributed by atoms with Crippen LogP contribution in [0.2, 0.25) is 0 Å². The Hall–Kier alpha value is -3.34. The van der Waals surface area contributed by atoms with Crippen molar-refractivity contribution in [3.63, 3.8) is 0 Å². The monoisotopic (exact) mass is 431 g/mol. The third-order valence-electron chi connectivity index (χ3n) is 6.23. The Morgan fingerprint density at radius 3 is 2.44 bits per heavy atom. The van der Waals surface area contributed by atoms with Gasteiger partial charge >= 0.3 is 5.97 Å². The van der Waals surface area contributed by atoms with E-state index in [1.165, 1.54) is 13.5 Å². The average molecular weight is 432 g/mol. The fourth-order valence-electron chi connectivity index (χ4n) is 4.60. The van der Waals surface area contributed by atoms with Gasteiger partial charge in [0.2, 0.25) is 0 Å². The van der Waals surface area contributed by atoms with Crippen molar-refractivity contribution in [2.75, 3.05) is 7.11 Å². The first-order valence-electron chi connectivity index (χ1n) is 11.2. The number of esters is 1. The Balaban J connectivity index is 1.67. The molecule has 1 heterocycles. The second-order valence-corrected chi connectivity index (χ2v) is 8.29. The molecule has 1 saturated carbocycles. The van der Waals surface area contributed by atoms with E-state index in [0.717, 1.165) is 36.8 Å². The van der Waals surface area contributed by atoms with Gasteiger partial charge in [-0.05, 0) is 37.5 Å². The highest BCUT2D eigenvalue weighted by Crippen LogP contribution is 2.37. The Morgan fingerprint density at radius 2 is 1.72 bits per heavy atom. The summed E-state index contributed by atoms with van der Waals surface area (Å²) >= 11 is 0. The Labute approximate surface area is 189 Å². The van der Waals surface area contributed by atoms with E-state index in [1.54, 1.807) is 6.08 Å². The molecule has 0 N–H and O–H groups in total. The summed E-state index contributed by atoms with van der Waals surface area (Å²) in [5.41, 5.74) is 3.21. The van der Waals surface area contributed by atoms with Gasteiger partial charge in [0.25, 0.3) is 5.91 Å². The zero-order valence-corrected chi connectivity index (χ0v) is 18.7. The number of amides is 1. The lowest BCUT2D eigenvalue weighted by atomic mass is 9.94. The number of hydrogen-bond acceptors (Lipinski definition) is 4. The molecule has 0 atom stereocenters. The molecule has 5 heteroatoms. The van der Waals surface area contributed by atoms with Crippen molar-refractivity contribution in [2.45, 2.75) is 51.7 Å². The van der Waals surface area contributed by atoms with Crippen LogP contribution in [0.3, 0.4) is 0 Å². The summed E-state index contributed by atoms with van der Waals surface area (Å²) in [6.45, 7) is 2.26. The van der Waals surface area contributed by atoms with Crippen LogP contribution in [0.25, 0.3) is 6.08 Å². The molecule has 2 aliphatic rings. The number of ether oxygens (including phenoxy) is 2. The summed E-state index contributed by atoms with van der Waals surface area (Å²) in [5, 5.41) is 0. The molecular weight excluding hydrogens is 402 g/mol. The second-order valence-electron chi connectivity index (χ2n) is 8.29. The summed E-state index contributed by atoms with van der Waals surface area (Å²) in [7, 11) is 1.35. The number of nitrogens with zero attached hydrogens (tertiary/aromatic N) is 1. The second kappa shape index (κ2) is 9.86. The first-order valence-corrected chi connectivity index (χ1v) is 11.2. The van der Waals surface area contributed by atoms with E-state index in [1.807, 2.05) is 66.4 Å². The minimum absolute atomic E-state index is 0.131. The largest absolute Gasteiger partial charge is 0.488 e. The number of methoxy groups -OCH3 is 1. The van der Waals surface area contributed by atoms with Crippen molar-refractivity contribution in [1.29, 1.82) is 0 Å². The van der Waals surface area contributed by atoms with Crippen LogP contribution in [0.4, 0.5) is 0 Å². The standard InChI is InChI=1S/C27H29NO4/c1-19-25(27(30)31-2)23(26(29)28(19)22-14-7-4-8-15-22)17-21-13-9-10-16-24(21)32-18-20-11-5-3-6-12-20/h3,5-6,9-13,16-17,22H,4,7-8,14-15,18H2,1-2H3/b23-17-. The predicted molar refractivity (Wildman–Crippen MR) is 124 cm³/mol. The molecule has 2 aromatic carbocycles. The molecule has 0 saturated heterocycles. The number of allylic oxidation sites excluding steroid dienone is 1. The highest BCUT2D eigenvalue weighted by atomic mass is 16.5. The molecule has 32 heavy (non-hydrogen) atoms. The maximum atomic E-state index is 13.5. The molecule has 1 amide bonds. The molecule has 4 rings (SSSR count). The SMILES string of the molecule is COC(=O)C1=C(C)N(C2CCCCC2)C(=O)/C1=C\c1ccccc1OCc1ccccc1. The van der Waals surface area contributed by atoms with Crippen molar-refractivity contribution >= 4 is 18.0 Å². The third kappa shape index (κ3) is 4.47. The average Bonchev–Trinajstić information content (AvgIpc) is 3.08. The van der Waals surface area contributed by atoms with Crippen molar-refractivity contribution in [3.05, 3.63) is 82.6 Å². The van der Waals surface area contributed by atoms with Gasteiger partial charge in [-0.1, -0.05) is 67.8 Å². The van der Waals surface area contributed by atoms with Crippen LogP contribution >= 0.6 is 0 Å². The number of rotatable bonds is 6. The summed E-state index contributed by atoms with van der Waals surface area (Å²) in [6, 6.07) is 17.6. The van der Waals surface area contributed by atoms with Crippen molar-refractivity contribution in [3.8, 4) is 5.75 Å². The molecular formula is C27H29NO4. The number of carbonyl (C=O) groups is 2. The smallest absolute Gasteiger partial charge is 0.340 e. The number of hydrogen-bond donors (Lipinski definition) is 0. The topological polar surface area (TPSA) is 55.8 Å². The maximum absolute atomic E-state index is 13.5. The zero-order valence-electron chi connectivity index (χ0n) is 18.7. The number of carbonyl (C=O) groups excluding carboxylic acids is 2. The van der Waals surface area contributed by atoms with Gasteiger partial charge < -0.3 is 14.4 Å². The van der Waals surface area contributed by atoms with Crippen LogP contribution in [0, 0.1) is 0 Å². The van der Waals surface area contributed by atoms with Crippen LogP contribution in [0.15, 0.2) is 71.4 Å². The molecule has 1 aliphatic carbocycles. The van der Waals surface area contributed by atoms with E-state index >= 15 is 0 Å². The van der Waals surface area contributed by atoms with E-state index in [-0.39, 0.29) is 11.9 Å². The molecule has 166 valence electrons. The van der Waals surface area contributed by atoms with Gasteiger partial charge in [0.1, 0.15) is 12.4 Å². The number of para-hydroxylation sites is 1. The van der Waals surface area contributed by atoms with Crippen molar-refractivity contribution in [2.24, 2.45) is 0 Å². The zero-order chi connectivity index (χ0) is 22.5. The molecule has 1 aliphatic heterocycles.